The Morgan fingerprint density at radius 1 is 0.914 bits per heavy atom. The topological polar surface area (TPSA) is 77.0 Å². The molecule has 0 aromatic heterocycles. The number of nitrogens with one attached hydrogen (secondary N) is 1. The van der Waals surface area contributed by atoms with Crippen LogP contribution in [0.5, 0.6) is 0 Å². The van der Waals surface area contributed by atoms with E-state index in [-0.39, 0.29) is 17.7 Å². The van der Waals surface area contributed by atoms with Gasteiger partial charge in [-0.15, -0.1) is 0 Å². The van der Waals surface area contributed by atoms with Gasteiger partial charge < -0.3 is 14.8 Å². The van der Waals surface area contributed by atoms with Crippen LogP contribution in [0.4, 0.5) is 0 Å². The highest BCUT2D eigenvalue weighted by molar-refractivity contribution is 6.16. The predicted octanol–water partition coefficient (Wildman–Crippen LogP) is 5.20. The molecule has 6 nitrogen and oxygen atoms in total. The van der Waals surface area contributed by atoms with E-state index in [4.69, 9.17) is 9.47 Å². The number of benzene rings is 2. The molecule has 0 saturated heterocycles. The summed E-state index contributed by atoms with van der Waals surface area (Å²) in [7, 11) is 1.67. The zero-order valence-corrected chi connectivity index (χ0v) is 21.2. The summed E-state index contributed by atoms with van der Waals surface area (Å²) < 4.78 is 9.67. The van der Waals surface area contributed by atoms with Gasteiger partial charge in [-0.3, -0.25) is 9.59 Å². The lowest BCUT2D eigenvalue weighted by Gasteiger charge is -2.20. The average molecular weight is 481 g/mol. The van der Waals surface area contributed by atoms with E-state index in [0.717, 1.165) is 43.4 Å². The Morgan fingerprint density at radius 2 is 1.51 bits per heavy atom. The van der Waals surface area contributed by atoms with Crippen molar-refractivity contribution < 1.29 is 19.1 Å². The highest BCUT2D eigenvalue weighted by atomic mass is 16.5. The van der Waals surface area contributed by atoms with Crippen LogP contribution in [0.3, 0.4) is 0 Å². The summed E-state index contributed by atoms with van der Waals surface area (Å²) in [5.74, 6) is 0.143. The van der Waals surface area contributed by atoms with Crippen molar-refractivity contribution in [2.75, 3.05) is 33.5 Å². The molecule has 1 N–H and O–H groups in total. The van der Waals surface area contributed by atoms with E-state index in [1.54, 1.807) is 7.11 Å². The smallest absolute Gasteiger partial charge is 0.246 e. The first-order valence-electron chi connectivity index (χ1n) is 12.7. The molecule has 0 atom stereocenters. The van der Waals surface area contributed by atoms with Crippen molar-refractivity contribution in [2.45, 2.75) is 51.9 Å². The minimum absolute atomic E-state index is 0.143. The summed E-state index contributed by atoms with van der Waals surface area (Å²) in [6.07, 6.45) is 6.45. The third-order valence-electron chi connectivity index (χ3n) is 5.81. The maximum absolute atomic E-state index is 12.4. The van der Waals surface area contributed by atoms with Crippen molar-refractivity contribution in [3.05, 3.63) is 71.8 Å². The zero-order valence-electron chi connectivity index (χ0n) is 21.2. The van der Waals surface area contributed by atoms with Gasteiger partial charge in [0.1, 0.15) is 0 Å². The molecule has 0 bridgehead atoms. The van der Waals surface area contributed by atoms with Crippen molar-refractivity contribution in [1.82, 2.24) is 5.32 Å². The van der Waals surface area contributed by atoms with Crippen LogP contribution in [0.2, 0.25) is 0 Å². The second-order valence-electron chi connectivity index (χ2n) is 8.51. The van der Waals surface area contributed by atoms with Gasteiger partial charge in [-0.1, -0.05) is 79.9 Å². The van der Waals surface area contributed by atoms with Crippen LogP contribution in [0.15, 0.2) is 65.7 Å². The number of carbonyl (C=O) groups is 2. The minimum atomic E-state index is -0.158. The molecule has 6 heteroatoms. The van der Waals surface area contributed by atoms with Gasteiger partial charge >= 0.3 is 0 Å². The quantitative estimate of drug-likeness (QED) is 0.354. The van der Waals surface area contributed by atoms with Gasteiger partial charge in [0.15, 0.2) is 0 Å². The number of carbonyl (C=O) groups excluding carboxylic acids is 2. The third-order valence-corrected chi connectivity index (χ3v) is 5.81. The van der Waals surface area contributed by atoms with Crippen LogP contribution in [-0.2, 0) is 19.1 Å². The molecule has 0 spiro atoms. The molecular weight excluding hydrogens is 440 g/mol. The van der Waals surface area contributed by atoms with E-state index in [2.05, 4.69) is 10.3 Å². The third kappa shape index (κ3) is 11.4. The molecular formula is C29H40N2O4. The number of aliphatic imine (C=N–C) groups is 1. The summed E-state index contributed by atoms with van der Waals surface area (Å²) in [5.41, 5.74) is 2.54. The largest absolute Gasteiger partial charge is 0.382 e. The standard InChI is InChI=1S/C24H28N2O2.C5H12O2/c27-22(17-10-18-25-24(28)21-15-8-3-9-16-21)26-23(19-11-4-1-5-12-19)20-13-6-2-7-14-20;1-3-7-5-4-6-2/h1-2,4-7,11-14,21H,3,8-10,15-18H2,(H,25,28);3-5H2,1-2H3. The fourth-order valence-electron chi connectivity index (χ4n) is 3.92. The van der Waals surface area contributed by atoms with Crippen molar-refractivity contribution in [3.63, 3.8) is 0 Å². The summed E-state index contributed by atoms with van der Waals surface area (Å²) in [5, 5.41) is 2.98. The molecule has 35 heavy (non-hydrogen) atoms. The minimum Gasteiger partial charge on any atom is -0.382 e. The van der Waals surface area contributed by atoms with Crippen molar-refractivity contribution in [1.29, 1.82) is 0 Å². The lowest BCUT2D eigenvalue weighted by Crippen LogP contribution is -2.32. The lowest BCUT2D eigenvalue weighted by molar-refractivity contribution is -0.126. The van der Waals surface area contributed by atoms with E-state index < -0.39 is 0 Å². The fraction of sp³-hybridized carbons (Fsp3) is 0.483. The van der Waals surface area contributed by atoms with Gasteiger partial charge in [0.05, 0.1) is 18.9 Å². The van der Waals surface area contributed by atoms with Crippen molar-refractivity contribution in [2.24, 2.45) is 10.9 Å². The summed E-state index contributed by atoms with van der Waals surface area (Å²) in [6, 6.07) is 19.5. The highest BCUT2D eigenvalue weighted by Gasteiger charge is 2.20. The molecule has 1 saturated carbocycles. The van der Waals surface area contributed by atoms with E-state index in [1.165, 1.54) is 6.42 Å². The van der Waals surface area contributed by atoms with E-state index in [9.17, 15) is 9.59 Å². The van der Waals surface area contributed by atoms with Crippen LogP contribution in [0, 0.1) is 5.92 Å². The predicted molar refractivity (Wildman–Crippen MR) is 141 cm³/mol. The SMILES string of the molecule is CCOCCOC.O=C(CCCNC(=O)C1CCCCC1)N=C(c1ccccc1)c1ccccc1. The molecule has 1 fully saturated rings. The molecule has 0 heterocycles. The molecule has 1 aliphatic carbocycles. The first-order valence-corrected chi connectivity index (χ1v) is 12.7. The number of amides is 2. The molecule has 2 amide bonds. The molecule has 0 unspecified atom stereocenters. The van der Waals surface area contributed by atoms with Gasteiger partial charge in [0.2, 0.25) is 11.8 Å². The van der Waals surface area contributed by atoms with E-state index in [0.29, 0.717) is 38.3 Å². The molecule has 3 rings (SSSR count). The van der Waals surface area contributed by atoms with E-state index in [1.807, 2.05) is 67.6 Å². The van der Waals surface area contributed by atoms with Gasteiger partial charge in [-0.2, -0.15) is 0 Å². The van der Waals surface area contributed by atoms with Crippen LogP contribution in [0.25, 0.3) is 0 Å². The second-order valence-corrected chi connectivity index (χ2v) is 8.51. The Kier molecular flexibility index (Phi) is 14.3. The van der Waals surface area contributed by atoms with Crippen LogP contribution >= 0.6 is 0 Å². The summed E-state index contributed by atoms with van der Waals surface area (Å²) in [4.78, 5) is 29.0. The maximum Gasteiger partial charge on any atom is 0.246 e. The molecule has 0 aliphatic heterocycles. The van der Waals surface area contributed by atoms with Gasteiger partial charge in [0.25, 0.3) is 0 Å². The summed E-state index contributed by atoms with van der Waals surface area (Å²) in [6.45, 7) is 4.70. The second kappa shape index (κ2) is 17.6. The average Bonchev–Trinajstić information content (AvgIpc) is 2.92. The Morgan fingerprint density at radius 3 is 2.06 bits per heavy atom. The molecule has 1 aliphatic rings. The zero-order chi connectivity index (χ0) is 25.1. The summed E-state index contributed by atoms with van der Waals surface area (Å²) >= 11 is 0. The number of hydrogen-bond donors (Lipinski definition) is 1. The maximum atomic E-state index is 12.4. The number of nitrogens with zero attached hydrogens (tertiary/aromatic N) is 1. The van der Waals surface area contributed by atoms with Gasteiger partial charge in [0, 0.05) is 43.7 Å². The van der Waals surface area contributed by atoms with E-state index >= 15 is 0 Å². The fourth-order valence-corrected chi connectivity index (χ4v) is 3.92. The molecule has 0 radical (unpaired) electrons. The van der Waals surface area contributed by atoms with Crippen molar-refractivity contribution in [3.8, 4) is 0 Å². The molecule has 2 aromatic carbocycles. The monoisotopic (exact) mass is 480 g/mol. The normalized spacial score (nSPS) is 13.3. The lowest BCUT2D eigenvalue weighted by atomic mass is 9.89. The Balaban J connectivity index is 0.000000540. The first-order chi connectivity index (χ1) is 17.2. The van der Waals surface area contributed by atoms with Crippen LogP contribution in [0.1, 0.15) is 63.0 Å². The number of rotatable bonds is 11. The highest BCUT2D eigenvalue weighted by Crippen LogP contribution is 2.23. The molecule has 2 aromatic rings. The van der Waals surface area contributed by atoms with Gasteiger partial charge in [-0.25, -0.2) is 4.99 Å². The Hall–Kier alpha value is -2.83. The Labute approximate surface area is 210 Å². The van der Waals surface area contributed by atoms with Gasteiger partial charge in [-0.05, 0) is 26.2 Å². The number of hydrogen-bond acceptors (Lipinski definition) is 4. The number of ether oxygens (including phenoxy) is 2. The van der Waals surface area contributed by atoms with Crippen LogP contribution < -0.4 is 5.32 Å². The Bertz CT molecular complexity index is 833. The van der Waals surface area contributed by atoms with Crippen LogP contribution in [-0.4, -0.2) is 51.0 Å². The first kappa shape index (κ1) is 28.4. The number of methoxy groups -OCH3 is 1. The molecule has 190 valence electrons. The van der Waals surface area contributed by atoms with Crippen molar-refractivity contribution >= 4 is 17.5 Å².